The number of benzene rings is 3. The SMILES string of the molecule is N#Cc1ccc(Oc2ccc(CNC(=O)NCc3ccc(OC(F)(F)F)cc3)cc2)cc1. The monoisotopic (exact) mass is 441 g/mol. The van der Waals surface area contributed by atoms with Gasteiger partial charge in [-0.1, -0.05) is 24.3 Å². The zero-order chi connectivity index (χ0) is 23.0. The molecule has 0 heterocycles. The van der Waals surface area contributed by atoms with Crippen molar-refractivity contribution in [1.82, 2.24) is 10.6 Å². The Hall–Kier alpha value is -4.19. The lowest BCUT2D eigenvalue weighted by Crippen LogP contribution is -2.34. The van der Waals surface area contributed by atoms with Crippen LogP contribution in [0.2, 0.25) is 0 Å². The van der Waals surface area contributed by atoms with Crippen molar-refractivity contribution in [3.63, 3.8) is 0 Å². The summed E-state index contributed by atoms with van der Waals surface area (Å²) in [6, 6.07) is 20.7. The first-order chi connectivity index (χ1) is 15.3. The molecule has 0 atom stereocenters. The van der Waals surface area contributed by atoms with Crippen LogP contribution < -0.4 is 20.1 Å². The third-order valence-electron chi connectivity index (χ3n) is 4.21. The Morgan fingerprint density at radius 1 is 0.781 bits per heavy atom. The summed E-state index contributed by atoms with van der Waals surface area (Å²) in [6.45, 7) is 0.427. The third-order valence-corrected chi connectivity index (χ3v) is 4.21. The van der Waals surface area contributed by atoms with Gasteiger partial charge in [-0.3, -0.25) is 0 Å². The maximum Gasteiger partial charge on any atom is 0.573 e. The summed E-state index contributed by atoms with van der Waals surface area (Å²) in [5.74, 6) is 0.894. The van der Waals surface area contributed by atoms with E-state index in [0.29, 0.717) is 22.6 Å². The molecule has 2 amide bonds. The smallest absolute Gasteiger partial charge is 0.457 e. The van der Waals surface area contributed by atoms with Gasteiger partial charge in [0, 0.05) is 13.1 Å². The zero-order valence-electron chi connectivity index (χ0n) is 16.6. The second-order valence-electron chi connectivity index (χ2n) is 6.61. The molecular weight excluding hydrogens is 423 g/mol. The van der Waals surface area contributed by atoms with E-state index in [4.69, 9.17) is 10.00 Å². The van der Waals surface area contributed by atoms with Crippen LogP contribution in [0, 0.1) is 11.3 Å². The highest BCUT2D eigenvalue weighted by atomic mass is 19.4. The molecule has 0 spiro atoms. The highest BCUT2D eigenvalue weighted by molar-refractivity contribution is 5.73. The maximum atomic E-state index is 12.2. The van der Waals surface area contributed by atoms with Crippen LogP contribution in [-0.2, 0) is 13.1 Å². The molecular formula is C23H18F3N3O3. The van der Waals surface area contributed by atoms with Crippen molar-refractivity contribution in [2.24, 2.45) is 0 Å². The van der Waals surface area contributed by atoms with E-state index < -0.39 is 12.4 Å². The number of halogens is 3. The van der Waals surface area contributed by atoms with E-state index in [0.717, 1.165) is 5.56 Å². The molecule has 3 aromatic carbocycles. The Morgan fingerprint density at radius 3 is 1.66 bits per heavy atom. The van der Waals surface area contributed by atoms with Crippen molar-refractivity contribution >= 4 is 6.03 Å². The molecule has 0 saturated carbocycles. The fourth-order valence-corrected chi connectivity index (χ4v) is 2.65. The number of nitriles is 1. The van der Waals surface area contributed by atoms with Gasteiger partial charge in [-0.25, -0.2) is 4.79 Å². The Bertz CT molecular complexity index is 1080. The molecule has 0 saturated heterocycles. The van der Waals surface area contributed by atoms with Crippen LogP contribution in [-0.4, -0.2) is 12.4 Å². The minimum absolute atomic E-state index is 0.148. The van der Waals surface area contributed by atoms with Gasteiger partial charge < -0.3 is 20.1 Å². The number of carbonyl (C=O) groups excluding carboxylic acids is 1. The summed E-state index contributed by atoms with van der Waals surface area (Å²) in [5.41, 5.74) is 2.02. The molecule has 0 unspecified atom stereocenters. The van der Waals surface area contributed by atoms with Crippen LogP contribution in [0.5, 0.6) is 17.2 Å². The molecule has 6 nitrogen and oxygen atoms in total. The van der Waals surface area contributed by atoms with Crippen LogP contribution >= 0.6 is 0 Å². The summed E-state index contributed by atoms with van der Waals surface area (Å²) < 4.78 is 46.0. The molecule has 0 aliphatic carbocycles. The maximum absolute atomic E-state index is 12.2. The normalized spacial score (nSPS) is 10.7. The molecule has 0 aliphatic heterocycles. The van der Waals surface area contributed by atoms with Crippen molar-refractivity contribution in [1.29, 1.82) is 5.26 Å². The van der Waals surface area contributed by atoms with Crippen molar-refractivity contribution in [3.05, 3.63) is 89.5 Å². The topological polar surface area (TPSA) is 83.4 Å². The first-order valence-electron chi connectivity index (χ1n) is 9.44. The average molecular weight is 441 g/mol. The van der Waals surface area contributed by atoms with Crippen LogP contribution in [0.3, 0.4) is 0 Å². The van der Waals surface area contributed by atoms with Gasteiger partial charge in [0.25, 0.3) is 0 Å². The highest BCUT2D eigenvalue weighted by Gasteiger charge is 2.30. The standard InChI is InChI=1S/C23H18F3N3O3/c24-23(25,26)32-21-11-5-18(6-12-21)15-29-22(30)28-14-17-3-9-20(10-4-17)31-19-7-1-16(13-27)2-8-19/h1-12H,14-15H2,(H2,28,29,30). The van der Waals surface area contributed by atoms with Crippen LogP contribution in [0.1, 0.15) is 16.7 Å². The van der Waals surface area contributed by atoms with Gasteiger partial charge in [-0.15, -0.1) is 13.2 Å². The zero-order valence-corrected chi connectivity index (χ0v) is 16.6. The van der Waals surface area contributed by atoms with E-state index in [1.54, 1.807) is 48.5 Å². The van der Waals surface area contributed by atoms with E-state index in [-0.39, 0.29) is 18.8 Å². The molecule has 3 aromatic rings. The van der Waals surface area contributed by atoms with Crippen LogP contribution in [0.4, 0.5) is 18.0 Å². The number of amides is 2. The van der Waals surface area contributed by atoms with Crippen LogP contribution in [0.15, 0.2) is 72.8 Å². The van der Waals surface area contributed by atoms with Crippen molar-refractivity contribution in [3.8, 4) is 23.3 Å². The lowest BCUT2D eigenvalue weighted by molar-refractivity contribution is -0.274. The summed E-state index contributed by atoms with van der Waals surface area (Å²) in [6.07, 6.45) is -4.74. The van der Waals surface area contributed by atoms with E-state index >= 15 is 0 Å². The quantitative estimate of drug-likeness (QED) is 0.525. The fraction of sp³-hybridized carbons (Fsp3) is 0.130. The molecule has 2 N–H and O–H groups in total. The molecule has 0 fully saturated rings. The second kappa shape index (κ2) is 10.2. The van der Waals surface area contributed by atoms with E-state index in [1.165, 1.54) is 24.3 Å². The number of ether oxygens (including phenoxy) is 2. The minimum Gasteiger partial charge on any atom is -0.457 e. The number of nitrogens with zero attached hydrogens (tertiary/aromatic N) is 1. The number of alkyl halides is 3. The minimum atomic E-state index is -4.74. The Kier molecular flexibility index (Phi) is 7.18. The number of carbonyl (C=O) groups is 1. The summed E-state index contributed by atoms with van der Waals surface area (Å²) in [7, 11) is 0. The molecule has 0 aliphatic rings. The Labute approximate surface area is 182 Å². The summed E-state index contributed by atoms with van der Waals surface area (Å²) >= 11 is 0. The fourth-order valence-electron chi connectivity index (χ4n) is 2.65. The number of nitrogens with one attached hydrogen (secondary N) is 2. The van der Waals surface area contributed by atoms with Gasteiger partial charge in [0.05, 0.1) is 11.6 Å². The van der Waals surface area contributed by atoms with Gasteiger partial charge in [0.1, 0.15) is 17.2 Å². The number of hydrogen-bond donors (Lipinski definition) is 2. The van der Waals surface area contributed by atoms with Gasteiger partial charge >= 0.3 is 12.4 Å². The number of urea groups is 1. The lowest BCUT2D eigenvalue weighted by Gasteiger charge is -2.11. The number of rotatable bonds is 7. The molecule has 32 heavy (non-hydrogen) atoms. The molecule has 3 rings (SSSR count). The van der Waals surface area contributed by atoms with Crippen molar-refractivity contribution in [2.75, 3.05) is 0 Å². The van der Waals surface area contributed by atoms with Gasteiger partial charge in [0.2, 0.25) is 0 Å². The number of hydrogen-bond acceptors (Lipinski definition) is 4. The van der Waals surface area contributed by atoms with Crippen molar-refractivity contribution < 1.29 is 27.4 Å². The van der Waals surface area contributed by atoms with Gasteiger partial charge in [-0.2, -0.15) is 5.26 Å². The van der Waals surface area contributed by atoms with Gasteiger partial charge in [-0.05, 0) is 59.7 Å². The Balaban J connectivity index is 1.42. The van der Waals surface area contributed by atoms with E-state index in [2.05, 4.69) is 15.4 Å². The van der Waals surface area contributed by atoms with Crippen molar-refractivity contribution in [2.45, 2.75) is 19.5 Å². The largest absolute Gasteiger partial charge is 0.573 e. The highest BCUT2D eigenvalue weighted by Crippen LogP contribution is 2.23. The molecule has 0 bridgehead atoms. The van der Waals surface area contributed by atoms with E-state index in [1.807, 2.05) is 6.07 Å². The summed E-state index contributed by atoms with van der Waals surface area (Å²) in [5, 5.41) is 14.1. The first kappa shape index (κ1) is 22.5. The van der Waals surface area contributed by atoms with E-state index in [9.17, 15) is 18.0 Å². The average Bonchev–Trinajstić information content (AvgIpc) is 2.77. The first-order valence-corrected chi connectivity index (χ1v) is 9.44. The molecule has 164 valence electrons. The van der Waals surface area contributed by atoms with Crippen LogP contribution in [0.25, 0.3) is 0 Å². The summed E-state index contributed by atoms with van der Waals surface area (Å²) in [4.78, 5) is 12.0. The lowest BCUT2D eigenvalue weighted by atomic mass is 10.2. The molecule has 9 heteroatoms. The molecule has 0 radical (unpaired) electrons. The second-order valence-corrected chi connectivity index (χ2v) is 6.61. The third kappa shape index (κ3) is 7.25. The molecule has 0 aromatic heterocycles. The predicted octanol–water partition coefficient (Wildman–Crippen LogP) is 5.25. The Morgan fingerprint density at radius 2 is 1.22 bits per heavy atom. The van der Waals surface area contributed by atoms with Gasteiger partial charge in [0.15, 0.2) is 0 Å². The predicted molar refractivity (Wildman–Crippen MR) is 110 cm³/mol.